The van der Waals surface area contributed by atoms with Crippen molar-refractivity contribution in [2.45, 2.75) is 58.5 Å². The molecular formula is C25H27BrN2O2. The summed E-state index contributed by atoms with van der Waals surface area (Å²) >= 11 is 3.43. The minimum absolute atomic E-state index is 0.00557. The van der Waals surface area contributed by atoms with Crippen LogP contribution in [0.25, 0.3) is 10.9 Å². The summed E-state index contributed by atoms with van der Waals surface area (Å²) in [7, 11) is 0. The lowest BCUT2D eigenvalue weighted by Crippen LogP contribution is -2.42. The molecule has 0 unspecified atom stereocenters. The summed E-state index contributed by atoms with van der Waals surface area (Å²) in [5.41, 5.74) is 4.31. The van der Waals surface area contributed by atoms with E-state index in [1.54, 1.807) is 0 Å². The summed E-state index contributed by atoms with van der Waals surface area (Å²) in [6.07, 6.45) is 5.45. The highest BCUT2D eigenvalue weighted by Crippen LogP contribution is 2.26. The number of aryl methyl sites for hydroxylation is 2. The van der Waals surface area contributed by atoms with Gasteiger partial charge in [-0.1, -0.05) is 47.3 Å². The average molecular weight is 467 g/mol. The molecule has 1 saturated carbocycles. The van der Waals surface area contributed by atoms with E-state index in [9.17, 15) is 9.59 Å². The number of H-pyrrole nitrogens is 1. The highest BCUT2D eigenvalue weighted by Gasteiger charge is 2.27. The van der Waals surface area contributed by atoms with Crippen LogP contribution in [0.4, 0.5) is 0 Å². The summed E-state index contributed by atoms with van der Waals surface area (Å²) < 4.78 is 0.944. The topological polar surface area (TPSA) is 53.2 Å². The molecule has 2 aromatic carbocycles. The number of halogens is 1. The Kier molecular flexibility index (Phi) is 6.09. The monoisotopic (exact) mass is 466 g/mol. The molecule has 4 nitrogen and oxygen atoms in total. The van der Waals surface area contributed by atoms with E-state index in [-0.39, 0.29) is 17.5 Å². The van der Waals surface area contributed by atoms with Crippen molar-refractivity contribution >= 4 is 32.7 Å². The number of aromatic nitrogens is 1. The molecule has 0 spiro atoms. The van der Waals surface area contributed by atoms with Gasteiger partial charge in [0.25, 0.3) is 11.5 Å². The minimum Gasteiger partial charge on any atom is -0.331 e. The van der Waals surface area contributed by atoms with Gasteiger partial charge in [0.1, 0.15) is 0 Å². The van der Waals surface area contributed by atoms with E-state index >= 15 is 0 Å². The van der Waals surface area contributed by atoms with Gasteiger partial charge in [0.15, 0.2) is 0 Å². The van der Waals surface area contributed by atoms with Gasteiger partial charge in [0.05, 0.1) is 12.1 Å². The first-order valence-electron chi connectivity index (χ1n) is 10.6. The lowest BCUT2D eigenvalue weighted by Gasteiger charge is -2.34. The van der Waals surface area contributed by atoms with Crippen LogP contribution in [0.5, 0.6) is 0 Å². The van der Waals surface area contributed by atoms with Crippen molar-refractivity contribution in [2.75, 3.05) is 0 Å². The number of benzene rings is 2. The quantitative estimate of drug-likeness (QED) is 0.521. The molecule has 156 valence electrons. The first-order valence-corrected chi connectivity index (χ1v) is 11.4. The molecule has 0 radical (unpaired) electrons. The second kappa shape index (κ2) is 8.76. The van der Waals surface area contributed by atoms with Crippen LogP contribution in [0.3, 0.4) is 0 Å². The second-order valence-electron chi connectivity index (χ2n) is 8.33. The number of hydrogen-bond donors (Lipinski definition) is 1. The molecule has 1 aliphatic carbocycles. The number of hydrogen-bond acceptors (Lipinski definition) is 2. The number of carbonyl (C=O) groups excluding carboxylic acids is 1. The molecule has 1 N–H and O–H groups in total. The highest BCUT2D eigenvalue weighted by atomic mass is 79.9. The Morgan fingerprint density at radius 1 is 1.07 bits per heavy atom. The molecule has 0 atom stereocenters. The Morgan fingerprint density at radius 3 is 2.47 bits per heavy atom. The van der Waals surface area contributed by atoms with Crippen LogP contribution in [0.15, 0.2) is 51.7 Å². The summed E-state index contributed by atoms with van der Waals surface area (Å²) in [6.45, 7) is 4.40. The van der Waals surface area contributed by atoms with Gasteiger partial charge in [-0.3, -0.25) is 9.59 Å². The number of fused-ring (bicyclic) bond motifs is 1. The molecule has 0 bridgehead atoms. The third-order valence-corrected chi connectivity index (χ3v) is 6.86. The van der Waals surface area contributed by atoms with Crippen molar-refractivity contribution in [3.05, 3.63) is 79.5 Å². The van der Waals surface area contributed by atoms with E-state index in [0.717, 1.165) is 52.2 Å². The van der Waals surface area contributed by atoms with Crippen LogP contribution < -0.4 is 5.56 Å². The summed E-state index contributed by atoms with van der Waals surface area (Å²) in [4.78, 5) is 31.3. The summed E-state index contributed by atoms with van der Waals surface area (Å²) in [5.74, 6) is -0.00557. The standard InChI is InChI=1S/C25H27BrN2O2/c1-16-8-9-19-14-20(24(29)27-23(19)17(16)2)15-28(22-6-4-3-5-7-22)25(30)18-10-12-21(26)13-11-18/h8-14,22H,3-7,15H2,1-2H3,(H,27,29). The Morgan fingerprint density at radius 2 is 1.77 bits per heavy atom. The van der Waals surface area contributed by atoms with Crippen LogP contribution in [-0.4, -0.2) is 21.8 Å². The van der Waals surface area contributed by atoms with Crippen LogP contribution in [0.1, 0.15) is 59.2 Å². The zero-order chi connectivity index (χ0) is 21.3. The largest absolute Gasteiger partial charge is 0.331 e. The molecule has 1 amide bonds. The van der Waals surface area contributed by atoms with E-state index in [4.69, 9.17) is 0 Å². The van der Waals surface area contributed by atoms with Crippen LogP contribution in [0.2, 0.25) is 0 Å². The Bertz CT molecular complexity index is 1130. The van der Waals surface area contributed by atoms with E-state index in [2.05, 4.69) is 27.0 Å². The molecule has 5 heteroatoms. The number of nitrogens with one attached hydrogen (secondary N) is 1. The number of nitrogens with zero attached hydrogens (tertiary/aromatic N) is 1. The molecule has 0 aliphatic heterocycles. The van der Waals surface area contributed by atoms with E-state index in [1.807, 2.05) is 55.1 Å². The second-order valence-corrected chi connectivity index (χ2v) is 9.24. The molecule has 1 heterocycles. The number of rotatable bonds is 4. The number of amides is 1. The summed E-state index contributed by atoms with van der Waals surface area (Å²) in [5, 5.41) is 1.01. The maximum atomic E-state index is 13.4. The van der Waals surface area contributed by atoms with Gasteiger partial charge in [0, 0.05) is 21.6 Å². The highest BCUT2D eigenvalue weighted by molar-refractivity contribution is 9.10. The predicted molar refractivity (Wildman–Crippen MR) is 125 cm³/mol. The normalized spacial score (nSPS) is 14.8. The van der Waals surface area contributed by atoms with Gasteiger partial charge < -0.3 is 9.88 Å². The zero-order valence-electron chi connectivity index (χ0n) is 17.5. The average Bonchev–Trinajstić information content (AvgIpc) is 2.76. The lowest BCUT2D eigenvalue weighted by atomic mass is 9.93. The first-order chi connectivity index (χ1) is 14.4. The maximum absolute atomic E-state index is 13.4. The molecule has 1 aliphatic rings. The van der Waals surface area contributed by atoms with Crippen molar-refractivity contribution in [2.24, 2.45) is 0 Å². The van der Waals surface area contributed by atoms with Crippen molar-refractivity contribution in [3.63, 3.8) is 0 Å². The molecular weight excluding hydrogens is 440 g/mol. The van der Waals surface area contributed by atoms with Gasteiger partial charge in [0.2, 0.25) is 0 Å². The first kappa shape index (κ1) is 20.9. The Labute approximate surface area is 185 Å². The van der Waals surface area contributed by atoms with Gasteiger partial charge >= 0.3 is 0 Å². The third kappa shape index (κ3) is 4.22. The molecule has 1 aromatic heterocycles. The van der Waals surface area contributed by atoms with E-state index in [1.165, 1.54) is 6.42 Å². The number of aromatic amines is 1. The van der Waals surface area contributed by atoms with Crippen LogP contribution >= 0.6 is 15.9 Å². The van der Waals surface area contributed by atoms with Gasteiger partial charge in [-0.2, -0.15) is 0 Å². The molecule has 4 rings (SSSR count). The fourth-order valence-electron chi connectivity index (χ4n) is 4.39. The maximum Gasteiger partial charge on any atom is 0.254 e. The van der Waals surface area contributed by atoms with Crippen molar-refractivity contribution in [1.82, 2.24) is 9.88 Å². The number of pyridine rings is 1. The van der Waals surface area contributed by atoms with Crippen molar-refractivity contribution in [3.8, 4) is 0 Å². The fraction of sp³-hybridized carbons (Fsp3) is 0.360. The van der Waals surface area contributed by atoms with E-state index in [0.29, 0.717) is 17.7 Å². The van der Waals surface area contributed by atoms with Crippen LogP contribution in [0, 0.1) is 13.8 Å². The van der Waals surface area contributed by atoms with Crippen molar-refractivity contribution < 1.29 is 4.79 Å². The Balaban J connectivity index is 1.71. The van der Waals surface area contributed by atoms with Gasteiger partial charge in [-0.05, 0) is 73.5 Å². The third-order valence-electron chi connectivity index (χ3n) is 6.34. The van der Waals surface area contributed by atoms with Gasteiger partial charge in [-0.25, -0.2) is 0 Å². The van der Waals surface area contributed by atoms with E-state index < -0.39 is 0 Å². The van der Waals surface area contributed by atoms with Gasteiger partial charge in [-0.15, -0.1) is 0 Å². The SMILES string of the molecule is Cc1ccc2cc(CN(C(=O)c3ccc(Br)cc3)C3CCCCC3)c(=O)[nH]c2c1C. The molecule has 0 saturated heterocycles. The molecule has 3 aromatic rings. The fourth-order valence-corrected chi connectivity index (χ4v) is 4.65. The lowest BCUT2D eigenvalue weighted by molar-refractivity contribution is 0.0613. The van der Waals surface area contributed by atoms with Crippen molar-refractivity contribution in [1.29, 1.82) is 0 Å². The predicted octanol–water partition coefficient (Wildman–Crippen LogP) is 5.88. The smallest absolute Gasteiger partial charge is 0.254 e. The van der Waals surface area contributed by atoms with Crippen LogP contribution in [-0.2, 0) is 6.54 Å². The molecule has 1 fully saturated rings. The number of carbonyl (C=O) groups is 1. The minimum atomic E-state index is -0.111. The zero-order valence-corrected chi connectivity index (χ0v) is 19.1. The molecule has 30 heavy (non-hydrogen) atoms. The summed E-state index contributed by atoms with van der Waals surface area (Å²) in [6, 6.07) is 13.7. The Hall–Kier alpha value is -2.40.